The summed E-state index contributed by atoms with van der Waals surface area (Å²) >= 11 is 0. The summed E-state index contributed by atoms with van der Waals surface area (Å²) in [5.41, 5.74) is 0. The van der Waals surface area contributed by atoms with Gasteiger partial charge >= 0.3 is 0 Å². The summed E-state index contributed by atoms with van der Waals surface area (Å²) in [5, 5.41) is 10.1. The zero-order chi connectivity index (χ0) is 9.97. The van der Waals surface area contributed by atoms with Crippen molar-refractivity contribution in [1.82, 2.24) is 0 Å². The van der Waals surface area contributed by atoms with Gasteiger partial charge in [-0.15, -0.1) is 0 Å². The van der Waals surface area contributed by atoms with Gasteiger partial charge in [0.2, 0.25) is 0 Å². The van der Waals surface area contributed by atoms with E-state index in [1.165, 1.54) is 44.9 Å². The minimum Gasteiger partial charge on any atom is -0.393 e. The summed E-state index contributed by atoms with van der Waals surface area (Å²) in [6.45, 7) is 2.28. The van der Waals surface area contributed by atoms with Gasteiger partial charge < -0.3 is 5.11 Å². The molecule has 0 bridgehead atoms. The molecular weight excluding hydrogens is 172 g/mol. The molecule has 0 saturated heterocycles. The van der Waals surface area contributed by atoms with Crippen molar-refractivity contribution < 1.29 is 5.11 Å². The van der Waals surface area contributed by atoms with E-state index >= 15 is 0 Å². The fraction of sp³-hybridized carbons (Fsp3) is 1.00. The molecule has 0 aromatic heterocycles. The number of hydrogen-bond donors (Lipinski definition) is 1. The quantitative estimate of drug-likeness (QED) is 0.731. The van der Waals surface area contributed by atoms with E-state index in [1.54, 1.807) is 0 Å². The van der Waals surface area contributed by atoms with Crippen molar-refractivity contribution in [2.24, 2.45) is 17.8 Å². The molecule has 1 N–H and O–H groups in total. The zero-order valence-electron chi connectivity index (χ0n) is 9.41. The lowest BCUT2D eigenvalue weighted by atomic mass is 9.79. The Morgan fingerprint density at radius 2 is 1.93 bits per heavy atom. The first kappa shape index (κ1) is 10.5. The van der Waals surface area contributed by atoms with E-state index in [-0.39, 0.29) is 6.10 Å². The van der Waals surface area contributed by atoms with Crippen molar-refractivity contribution in [3.8, 4) is 0 Å². The molecule has 1 nitrogen and oxygen atoms in total. The molecule has 0 aliphatic heterocycles. The third kappa shape index (κ3) is 2.31. The monoisotopic (exact) mass is 196 g/mol. The van der Waals surface area contributed by atoms with Gasteiger partial charge in [-0.05, 0) is 37.0 Å². The van der Waals surface area contributed by atoms with Crippen LogP contribution in [0.4, 0.5) is 0 Å². The molecule has 3 atom stereocenters. The highest BCUT2D eigenvalue weighted by Crippen LogP contribution is 2.39. The van der Waals surface area contributed by atoms with Crippen LogP contribution in [0.25, 0.3) is 0 Å². The molecule has 14 heavy (non-hydrogen) atoms. The highest BCUT2D eigenvalue weighted by molar-refractivity contribution is 4.83. The molecule has 2 aliphatic rings. The lowest BCUT2D eigenvalue weighted by molar-refractivity contribution is 0.0662. The average Bonchev–Trinajstić information content (AvgIpc) is 2.59. The van der Waals surface area contributed by atoms with Crippen molar-refractivity contribution in [2.75, 3.05) is 0 Å². The fourth-order valence-corrected chi connectivity index (χ4v) is 3.10. The minimum absolute atomic E-state index is 0.0249. The standard InChI is InChI=1S/C13H24O/c1-2-10-6-7-12(8-10)13(14)9-11-4-3-5-11/h10-14H,2-9H2,1H3. The van der Waals surface area contributed by atoms with Gasteiger partial charge in [0.25, 0.3) is 0 Å². The molecule has 0 spiro atoms. The van der Waals surface area contributed by atoms with Gasteiger partial charge in [-0.25, -0.2) is 0 Å². The Labute approximate surface area is 87.9 Å². The summed E-state index contributed by atoms with van der Waals surface area (Å²) < 4.78 is 0. The number of aliphatic hydroxyl groups excluding tert-OH is 1. The molecule has 3 unspecified atom stereocenters. The van der Waals surface area contributed by atoms with Crippen LogP contribution in [-0.2, 0) is 0 Å². The van der Waals surface area contributed by atoms with Crippen molar-refractivity contribution in [3.63, 3.8) is 0 Å². The second-order valence-corrected chi connectivity index (χ2v) is 5.45. The third-order valence-corrected chi connectivity index (χ3v) is 4.50. The predicted octanol–water partition coefficient (Wildman–Crippen LogP) is 3.36. The smallest absolute Gasteiger partial charge is 0.0571 e. The predicted molar refractivity (Wildman–Crippen MR) is 59.1 cm³/mol. The van der Waals surface area contributed by atoms with Crippen LogP contribution in [0, 0.1) is 17.8 Å². The maximum atomic E-state index is 10.1. The van der Waals surface area contributed by atoms with Crippen molar-refractivity contribution in [2.45, 2.75) is 64.4 Å². The van der Waals surface area contributed by atoms with Crippen molar-refractivity contribution in [1.29, 1.82) is 0 Å². The van der Waals surface area contributed by atoms with Crippen LogP contribution in [0.15, 0.2) is 0 Å². The van der Waals surface area contributed by atoms with E-state index in [0.717, 1.165) is 18.3 Å². The largest absolute Gasteiger partial charge is 0.393 e. The van der Waals surface area contributed by atoms with Crippen molar-refractivity contribution in [3.05, 3.63) is 0 Å². The molecule has 0 aromatic rings. The lowest BCUT2D eigenvalue weighted by Crippen LogP contribution is -2.25. The maximum Gasteiger partial charge on any atom is 0.0571 e. The topological polar surface area (TPSA) is 20.2 Å². The molecule has 0 aromatic carbocycles. The van der Waals surface area contributed by atoms with Crippen LogP contribution in [0.2, 0.25) is 0 Å². The van der Waals surface area contributed by atoms with Gasteiger partial charge in [0.15, 0.2) is 0 Å². The van der Waals surface area contributed by atoms with E-state index in [1.807, 2.05) is 0 Å². The second kappa shape index (κ2) is 4.65. The SMILES string of the molecule is CCC1CCC(C(O)CC2CCC2)C1. The van der Waals surface area contributed by atoms with E-state index in [4.69, 9.17) is 0 Å². The first-order valence-electron chi connectivity index (χ1n) is 6.47. The van der Waals surface area contributed by atoms with E-state index in [9.17, 15) is 5.11 Å². The highest BCUT2D eigenvalue weighted by atomic mass is 16.3. The van der Waals surface area contributed by atoms with Crippen LogP contribution >= 0.6 is 0 Å². The number of aliphatic hydroxyl groups is 1. The molecule has 0 radical (unpaired) electrons. The molecule has 2 rings (SSSR count). The Balaban J connectivity index is 1.71. The summed E-state index contributed by atoms with van der Waals surface area (Å²) in [7, 11) is 0. The molecular formula is C13H24O. The molecule has 82 valence electrons. The van der Waals surface area contributed by atoms with Crippen LogP contribution in [-0.4, -0.2) is 11.2 Å². The zero-order valence-corrected chi connectivity index (χ0v) is 9.41. The summed E-state index contributed by atoms with van der Waals surface area (Å²) in [5.74, 6) is 2.42. The number of rotatable bonds is 4. The van der Waals surface area contributed by atoms with Crippen LogP contribution in [0.1, 0.15) is 58.3 Å². The van der Waals surface area contributed by atoms with Gasteiger partial charge in [0.1, 0.15) is 0 Å². The van der Waals surface area contributed by atoms with Crippen LogP contribution in [0.3, 0.4) is 0 Å². The summed E-state index contributed by atoms with van der Waals surface area (Å²) in [6.07, 6.45) is 10.5. The Morgan fingerprint density at radius 1 is 1.14 bits per heavy atom. The Bertz CT molecular complexity index is 174. The first-order valence-corrected chi connectivity index (χ1v) is 6.47. The molecule has 0 heterocycles. The van der Waals surface area contributed by atoms with Crippen LogP contribution < -0.4 is 0 Å². The maximum absolute atomic E-state index is 10.1. The van der Waals surface area contributed by atoms with Crippen molar-refractivity contribution >= 4 is 0 Å². The normalized spacial score (nSPS) is 35.6. The van der Waals surface area contributed by atoms with Gasteiger partial charge in [0, 0.05) is 0 Å². The Hall–Kier alpha value is -0.0400. The Kier molecular flexibility index (Phi) is 3.48. The molecule has 2 fully saturated rings. The highest BCUT2D eigenvalue weighted by Gasteiger charge is 2.31. The van der Waals surface area contributed by atoms with E-state index < -0.39 is 0 Å². The molecule has 1 heteroatoms. The molecule has 2 aliphatic carbocycles. The minimum atomic E-state index is 0.0249. The summed E-state index contributed by atoms with van der Waals surface area (Å²) in [4.78, 5) is 0. The van der Waals surface area contributed by atoms with E-state index in [2.05, 4.69) is 6.92 Å². The first-order chi connectivity index (χ1) is 6.79. The van der Waals surface area contributed by atoms with Gasteiger partial charge in [-0.3, -0.25) is 0 Å². The third-order valence-electron chi connectivity index (χ3n) is 4.50. The lowest BCUT2D eigenvalue weighted by Gasteiger charge is -2.29. The molecule has 2 saturated carbocycles. The summed E-state index contributed by atoms with van der Waals surface area (Å²) in [6, 6.07) is 0. The van der Waals surface area contributed by atoms with Crippen LogP contribution in [0.5, 0.6) is 0 Å². The second-order valence-electron chi connectivity index (χ2n) is 5.45. The number of hydrogen-bond acceptors (Lipinski definition) is 1. The Morgan fingerprint density at radius 3 is 2.43 bits per heavy atom. The average molecular weight is 196 g/mol. The van der Waals surface area contributed by atoms with E-state index in [0.29, 0.717) is 5.92 Å². The van der Waals surface area contributed by atoms with Gasteiger partial charge in [0.05, 0.1) is 6.10 Å². The molecule has 0 amide bonds. The van der Waals surface area contributed by atoms with Gasteiger partial charge in [-0.1, -0.05) is 39.0 Å². The van der Waals surface area contributed by atoms with Gasteiger partial charge in [-0.2, -0.15) is 0 Å². The fourth-order valence-electron chi connectivity index (χ4n) is 3.10.